The van der Waals surface area contributed by atoms with Gasteiger partial charge < -0.3 is 14.6 Å². The summed E-state index contributed by atoms with van der Waals surface area (Å²) in [7, 11) is 0. The second-order valence-electron chi connectivity index (χ2n) is 11.5. The Morgan fingerprint density at radius 1 is 0.895 bits per heavy atom. The van der Waals surface area contributed by atoms with Crippen molar-refractivity contribution in [3.63, 3.8) is 0 Å². The second kappa shape index (κ2) is 11.3. The SMILES string of the molecule is CC(C)(C)c1ccc(C(O)CCCN2CCN(c3nc4ccccc4n3Cc3ccc(F)cc3)CC2)cc1. The highest BCUT2D eigenvalue weighted by Crippen LogP contribution is 2.27. The normalized spacial score (nSPS) is 15.8. The third-order valence-corrected chi connectivity index (χ3v) is 7.66. The summed E-state index contributed by atoms with van der Waals surface area (Å²) in [6, 6.07) is 23.4. The molecule has 0 saturated carbocycles. The Hall–Kier alpha value is -3.22. The molecule has 0 amide bonds. The third kappa shape index (κ3) is 6.08. The van der Waals surface area contributed by atoms with Gasteiger partial charge in [-0.05, 0) is 65.8 Å². The summed E-state index contributed by atoms with van der Waals surface area (Å²) < 4.78 is 15.7. The average Bonchev–Trinajstić information content (AvgIpc) is 3.28. The van der Waals surface area contributed by atoms with E-state index in [1.54, 1.807) is 0 Å². The number of aliphatic hydroxyl groups is 1. The van der Waals surface area contributed by atoms with Crippen LogP contribution in [0.1, 0.15) is 56.4 Å². The molecule has 2 heterocycles. The van der Waals surface area contributed by atoms with E-state index in [9.17, 15) is 9.50 Å². The quantitative estimate of drug-likeness (QED) is 0.306. The number of imidazole rings is 1. The van der Waals surface area contributed by atoms with Crippen LogP contribution in [0.3, 0.4) is 0 Å². The standard InChI is InChI=1S/C32H39FN4O/c1-32(2,3)26-14-12-25(13-15-26)30(38)9-6-18-35-19-21-36(22-20-35)31-34-28-7-4-5-8-29(28)37(31)23-24-10-16-27(33)17-11-24/h4-5,7-8,10-17,30,38H,6,9,18-23H2,1-3H3. The maximum Gasteiger partial charge on any atom is 0.206 e. The highest BCUT2D eigenvalue weighted by Gasteiger charge is 2.23. The van der Waals surface area contributed by atoms with Crippen LogP contribution in [-0.4, -0.2) is 52.3 Å². The largest absolute Gasteiger partial charge is 0.388 e. The van der Waals surface area contributed by atoms with Gasteiger partial charge in [-0.25, -0.2) is 9.37 Å². The molecular weight excluding hydrogens is 475 g/mol. The number of piperazine rings is 1. The zero-order chi connectivity index (χ0) is 26.7. The van der Waals surface area contributed by atoms with E-state index < -0.39 is 6.10 Å². The minimum absolute atomic E-state index is 0.121. The van der Waals surface area contributed by atoms with Gasteiger partial charge in [-0.15, -0.1) is 0 Å². The third-order valence-electron chi connectivity index (χ3n) is 7.66. The van der Waals surface area contributed by atoms with Crippen LogP contribution in [0, 0.1) is 5.82 Å². The molecule has 1 N–H and O–H groups in total. The summed E-state index contributed by atoms with van der Waals surface area (Å²) in [4.78, 5) is 9.83. The molecule has 3 aromatic carbocycles. The van der Waals surface area contributed by atoms with Gasteiger partial charge in [-0.2, -0.15) is 0 Å². The Bertz CT molecular complexity index is 1330. The molecule has 5 rings (SSSR count). The Kier molecular flexibility index (Phi) is 7.82. The number of hydrogen-bond donors (Lipinski definition) is 1. The minimum atomic E-state index is -0.420. The number of aliphatic hydroxyl groups excluding tert-OH is 1. The van der Waals surface area contributed by atoms with Crippen LogP contribution in [0.15, 0.2) is 72.8 Å². The van der Waals surface area contributed by atoms with Gasteiger partial charge in [0.1, 0.15) is 5.82 Å². The summed E-state index contributed by atoms with van der Waals surface area (Å²) >= 11 is 0. The fourth-order valence-electron chi connectivity index (χ4n) is 5.28. The number of fused-ring (bicyclic) bond motifs is 1. The van der Waals surface area contributed by atoms with Gasteiger partial charge in [0, 0.05) is 26.2 Å². The number of aromatic nitrogens is 2. The van der Waals surface area contributed by atoms with E-state index in [1.807, 2.05) is 24.3 Å². The molecule has 1 aromatic heterocycles. The Balaban J connectivity index is 1.17. The zero-order valence-corrected chi connectivity index (χ0v) is 22.8. The molecule has 0 bridgehead atoms. The molecule has 1 aliphatic heterocycles. The van der Waals surface area contributed by atoms with E-state index in [0.29, 0.717) is 6.54 Å². The second-order valence-corrected chi connectivity index (χ2v) is 11.5. The number of halogens is 1. The average molecular weight is 515 g/mol. The van der Waals surface area contributed by atoms with Crippen LogP contribution in [0.5, 0.6) is 0 Å². The van der Waals surface area contributed by atoms with Crippen LogP contribution < -0.4 is 4.90 Å². The molecule has 1 fully saturated rings. The highest BCUT2D eigenvalue weighted by atomic mass is 19.1. The number of nitrogens with zero attached hydrogens (tertiary/aromatic N) is 4. The van der Waals surface area contributed by atoms with Crippen molar-refractivity contribution in [3.05, 3.63) is 95.3 Å². The molecule has 6 heteroatoms. The van der Waals surface area contributed by atoms with E-state index >= 15 is 0 Å². The molecule has 1 atom stereocenters. The van der Waals surface area contributed by atoms with Gasteiger partial charge in [-0.3, -0.25) is 4.90 Å². The molecule has 5 nitrogen and oxygen atoms in total. The fourth-order valence-corrected chi connectivity index (χ4v) is 5.28. The zero-order valence-electron chi connectivity index (χ0n) is 22.8. The Morgan fingerprint density at radius 3 is 2.26 bits per heavy atom. The highest BCUT2D eigenvalue weighted by molar-refractivity contribution is 5.79. The molecule has 38 heavy (non-hydrogen) atoms. The minimum Gasteiger partial charge on any atom is -0.388 e. The number of rotatable bonds is 8. The lowest BCUT2D eigenvalue weighted by atomic mass is 9.86. The van der Waals surface area contributed by atoms with Crippen LogP contribution >= 0.6 is 0 Å². The first-order valence-electron chi connectivity index (χ1n) is 13.7. The summed E-state index contributed by atoms with van der Waals surface area (Å²) in [5.41, 5.74) is 5.55. The van der Waals surface area contributed by atoms with E-state index in [1.165, 1.54) is 17.7 Å². The van der Waals surface area contributed by atoms with Crippen LogP contribution in [-0.2, 0) is 12.0 Å². The van der Waals surface area contributed by atoms with Crippen molar-refractivity contribution < 1.29 is 9.50 Å². The monoisotopic (exact) mass is 514 g/mol. The molecule has 0 spiro atoms. The lowest BCUT2D eigenvalue weighted by molar-refractivity contribution is 0.154. The van der Waals surface area contributed by atoms with E-state index in [2.05, 4.69) is 71.5 Å². The molecule has 200 valence electrons. The molecule has 0 aliphatic carbocycles. The number of benzene rings is 3. The number of hydrogen-bond acceptors (Lipinski definition) is 4. The topological polar surface area (TPSA) is 44.5 Å². The predicted octanol–water partition coefficient (Wildman–Crippen LogP) is 6.16. The van der Waals surface area contributed by atoms with E-state index in [0.717, 1.165) is 73.7 Å². The number of anilines is 1. The molecule has 0 radical (unpaired) electrons. The maximum absolute atomic E-state index is 13.5. The molecular formula is C32H39FN4O. The summed E-state index contributed by atoms with van der Waals surface area (Å²) in [5, 5.41) is 10.7. The summed E-state index contributed by atoms with van der Waals surface area (Å²) in [6.07, 6.45) is 1.31. The van der Waals surface area contributed by atoms with E-state index in [4.69, 9.17) is 4.98 Å². The lowest BCUT2D eigenvalue weighted by Gasteiger charge is -2.35. The summed E-state index contributed by atoms with van der Waals surface area (Å²) in [6.45, 7) is 12.0. The molecule has 1 unspecified atom stereocenters. The van der Waals surface area contributed by atoms with Crippen LogP contribution in [0.4, 0.5) is 10.3 Å². The van der Waals surface area contributed by atoms with Crippen molar-refractivity contribution in [2.24, 2.45) is 0 Å². The van der Waals surface area contributed by atoms with Gasteiger partial charge in [0.2, 0.25) is 5.95 Å². The van der Waals surface area contributed by atoms with Crippen LogP contribution in [0.25, 0.3) is 11.0 Å². The molecule has 1 saturated heterocycles. The smallest absolute Gasteiger partial charge is 0.206 e. The van der Waals surface area contributed by atoms with Gasteiger partial charge in [0.25, 0.3) is 0 Å². The van der Waals surface area contributed by atoms with Gasteiger partial charge in [-0.1, -0.05) is 69.3 Å². The van der Waals surface area contributed by atoms with Crippen LogP contribution in [0.2, 0.25) is 0 Å². The van der Waals surface area contributed by atoms with Crippen molar-refractivity contribution in [1.29, 1.82) is 0 Å². The molecule has 1 aliphatic rings. The van der Waals surface area contributed by atoms with Crippen molar-refractivity contribution >= 4 is 17.0 Å². The first kappa shape index (κ1) is 26.4. The number of para-hydroxylation sites is 2. The first-order chi connectivity index (χ1) is 18.3. The molecule has 4 aromatic rings. The van der Waals surface area contributed by atoms with Crippen molar-refractivity contribution in [1.82, 2.24) is 14.5 Å². The Labute approximate surface area is 225 Å². The predicted molar refractivity (Wildman–Crippen MR) is 153 cm³/mol. The van der Waals surface area contributed by atoms with Gasteiger partial charge in [0.05, 0.1) is 23.7 Å². The van der Waals surface area contributed by atoms with Gasteiger partial charge in [0.15, 0.2) is 0 Å². The van der Waals surface area contributed by atoms with Crippen molar-refractivity contribution in [2.45, 2.75) is 51.7 Å². The first-order valence-corrected chi connectivity index (χ1v) is 13.7. The maximum atomic E-state index is 13.5. The summed E-state index contributed by atoms with van der Waals surface area (Å²) in [5.74, 6) is 0.760. The van der Waals surface area contributed by atoms with Crippen molar-refractivity contribution in [2.75, 3.05) is 37.6 Å². The Morgan fingerprint density at radius 2 is 1.58 bits per heavy atom. The van der Waals surface area contributed by atoms with Crippen molar-refractivity contribution in [3.8, 4) is 0 Å². The lowest BCUT2D eigenvalue weighted by Crippen LogP contribution is -2.47. The van der Waals surface area contributed by atoms with E-state index in [-0.39, 0.29) is 11.2 Å². The fraction of sp³-hybridized carbons (Fsp3) is 0.406. The van der Waals surface area contributed by atoms with Gasteiger partial charge >= 0.3 is 0 Å².